The number of ether oxygens (including phenoxy) is 2. The molecule has 1 heterocycles. The minimum atomic E-state index is -0.846. The molecule has 33 heavy (non-hydrogen) atoms. The molecule has 0 radical (unpaired) electrons. The monoisotopic (exact) mass is 459 g/mol. The van der Waals surface area contributed by atoms with Crippen LogP contribution in [0.5, 0.6) is 11.8 Å². The zero-order valence-corrected chi connectivity index (χ0v) is 18.9. The molecule has 3 N–H and O–H groups in total. The molecule has 2 rings (SSSR count). The molecule has 0 fully saturated rings. The number of hydrogen-bond acceptors (Lipinski definition) is 9. The van der Waals surface area contributed by atoms with Crippen molar-refractivity contribution < 1.29 is 29.1 Å². The third-order valence-corrected chi connectivity index (χ3v) is 4.99. The fraction of sp³-hybridized carbons (Fsp3) is 0.409. The number of carbonyl (C=O) groups is 3. The summed E-state index contributed by atoms with van der Waals surface area (Å²) in [4.78, 5) is 45.6. The largest absolute Gasteiger partial charge is 0.481 e. The van der Waals surface area contributed by atoms with Crippen molar-refractivity contribution in [3.05, 3.63) is 35.9 Å². The standard InChI is InChI=1S/C22H29N5O6/c1-4-5-6-9-15(13-26(31)14-28)21(29)27(23)22(30)17-11-8-7-10-16(17)20-24-18(32-2)12-19(25-20)33-3/h7-8,10-12,14-15,31H,4-6,9,13,23H2,1-3H3/t15-/m1/s1. The number of benzene rings is 1. The van der Waals surface area contributed by atoms with E-state index in [2.05, 4.69) is 9.97 Å². The van der Waals surface area contributed by atoms with Gasteiger partial charge in [-0.25, -0.2) is 15.9 Å². The molecular weight excluding hydrogens is 430 g/mol. The minimum absolute atomic E-state index is 0.0900. The van der Waals surface area contributed by atoms with E-state index in [9.17, 15) is 19.6 Å². The molecule has 11 nitrogen and oxygen atoms in total. The molecule has 0 aliphatic carbocycles. The number of nitrogens with zero attached hydrogens (tertiary/aromatic N) is 4. The molecule has 0 aliphatic rings. The van der Waals surface area contributed by atoms with Crippen LogP contribution in [0, 0.1) is 5.92 Å². The highest BCUT2D eigenvalue weighted by molar-refractivity contribution is 6.08. The first-order chi connectivity index (χ1) is 15.9. The zero-order chi connectivity index (χ0) is 24.4. The summed E-state index contributed by atoms with van der Waals surface area (Å²) >= 11 is 0. The third kappa shape index (κ3) is 6.70. The first-order valence-electron chi connectivity index (χ1n) is 10.5. The van der Waals surface area contributed by atoms with E-state index in [4.69, 9.17) is 15.3 Å². The normalized spacial score (nSPS) is 11.4. The van der Waals surface area contributed by atoms with Gasteiger partial charge in [-0.3, -0.25) is 19.6 Å². The minimum Gasteiger partial charge on any atom is -0.481 e. The predicted molar refractivity (Wildman–Crippen MR) is 118 cm³/mol. The Hall–Kier alpha value is -3.57. The summed E-state index contributed by atoms with van der Waals surface area (Å²) in [5, 5.41) is 10.5. The van der Waals surface area contributed by atoms with E-state index in [-0.39, 0.29) is 36.1 Å². The Labute approximate surface area is 192 Å². The van der Waals surface area contributed by atoms with Gasteiger partial charge in [0.15, 0.2) is 5.82 Å². The lowest BCUT2D eigenvalue weighted by Gasteiger charge is -2.24. The van der Waals surface area contributed by atoms with Crippen LogP contribution in [-0.2, 0) is 9.59 Å². The quantitative estimate of drug-likeness (QED) is 0.121. The Kier molecular flexibility index (Phi) is 9.70. The van der Waals surface area contributed by atoms with E-state index in [1.165, 1.54) is 26.4 Å². The van der Waals surface area contributed by atoms with Crippen LogP contribution in [0.3, 0.4) is 0 Å². The van der Waals surface area contributed by atoms with Gasteiger partial charge in [0.25, 0.3) is 5.91 Å². The van der Waals surface area contributed by atoms with E-state index in [0.29, 0.717) is 28.5 Å². The van der Waals surface area contributed by atoms with Crippen LogP contribution in [-0.4, -0.2) is 64.2 Å². The number of hydrogen-bond donors (Lipinski definition) is 2. The lowest BCUT2D eigenvalue weighted by molar-refractivity contribution is -0.156. The molecule has 1 aromatic heterocycles. The van der Waals surface area contributed by atoms with E-state index >= 15 is 0 Å². The number of rotatable bonds is 12. The van der Waals surface area contributed by atoms with Crippen LogP contribution in [0.1, 0.15) is 43.0 Å². The summed E-state index contributed by atoms with van der Waals surface area (Å²) in [5.41, 5.74) is 0.411. The van der Waals surface area contributed by atoms with Gasteiger partial charge >= 0.3 is 0 Å². The number of amides is 3. The average Bonchev–Trinajstić information content (AvgIpc) is 2.86. The van der Waals surface area contributed by atoms with Crippen LogP contribution in [0.25, 0.3) is 11.4 Å². The van der Waals surface area contributed by atoms with Crippen molar-refractivity contribution in [3.8, 4) is 23.1 Å². The van der Waals surface area contributed by atoms with E-state index in [1.807, 2.05) is 6.92 Å². The molecule has 1 aromatic carbocycles. The van der Waals surface area contributed by atoms with E-state index < -0.39 is 17.7 Å². The maximum absolute atomic E-state index is 13.2. The number of imide groups is 1. The predicted octanol–water partition coefficient (Wildman–Crippen LogP) is 2.05. The van der Waals surface area contributed by atoms with Crippen molar-refractivity contribution in [2.45, 2.75) is 32.6 Å². The molecule has 0 spiro atoms. The van der Waals surface area contributed by atoms with Gasteiger partial charge in [-0.1, -0.05) is 44.4 Å². The molecule has 1 atom stereocenters. The third-order valence-electron chi connectivity index (χ3n) is 4.99. The SMILES string of the molecule is CCCCC[C@H](CN(O)C=O)C(=O)N(N)C(=O)c1ccccc1-c1nc(OC)cc(OC)n1. The van der Waals surface area contributed by atoms with Gasteiger partial charge in [0.2, 0.25) is 24.1 Å². The van der Waals surface area contributed by atoms with Crippen molar-refractivity contribution in [2.24, 2.45) is 11.8 Å². The number of nitrogens with two attached hydrogens (primary N) is 1. The molecule has 0 unspecified atom stereocenters. The first kappa shape index (κ1) is 25.7. The molecule has 11 heteroatoms. The van der Waals surface area contributed by atoms with Crippen molar-refractivity contribution in [2.75, 3.05) is 20.8 Å². The highest BCUT2D eigenvalue weighted by Crippen LogP contribution is 2.26. The number of unbranched alkanes of at least 4 members (excludes halogenated alkanes) is 2. The van der Waals surface area contributed by atoms with Gasteiger partial charge in [-0.2, -0.15) is 9.97 Å². The lowest BCUT2D eigenvalue weighted by Crippen LogP contribution is -2.48. The summed E-state index contributed by atoms with van der Waals surface area (Å²) in [5.74, 6) is 4.20. The van der Waals surface area contributed by atoms with E-state index in [1.54, 1.807) is 18.2 Å². The van der Waals surface area contributed by atoms with Crippen molar-refractivity contribution in [1.29, 1.82) is 0 Å². The molecule has 2 aromatic rings. The summed E-state index contributed by atoms with van der Waals surface area (Å²) in [6.45, 7) is 1.73. The van der Waals surface area contributed by atoms with Gasteiger partial charge in [0.05, 0.1) is 38.3 Å². The molecule has 0 bridgehead atoms. The maximum Gasteiger partial charge on any atom is 0.275 e. The Bertz CT molecular complexity index is 948. The number of aromatic nitrogens is 2. The first-order valence-corrected chi connectivity index (χ1v) is 10.5. The fourth-order valence-corrected chi connectivity index (χ4v) is 3.23. The summed E-state index contributed by atoms with van der Waals surface area (Å²) < 4.78 is 10.3. The lowest BCUT2D eigenvalue weighted by atomic mass is 9.99. The van der Waals surface area contributed by atoms with Gasteiger partial charge in [0.1, 0.15) is 0 Å². The highest BCUT2D eigenvalue weighted by Gasteiger charge is 2.30. The Morgan fingerprint density at radius 3 is 2.36 bits per heavy atom. The summed E-state index contributed by atoms with van der Waals surface area (Å²) in [7, 11) is 2.87. The van der Waals surface area contributed by atoms with Crippen LogP contribution in [0.15, 0.2) is 30.3 Å². The van der Waals surface area contributed by atoms with E-state index in [0.717, 1.165) is 12.8 Å². The van der Waals surface area contributed by atoms with Crippen LogP contribution in [0.2, 0.25) is 0 Å². The number of carbonyl (C=O) groups excluding carboxylic acids is 3. The topological polar surface area (TPSA) is 148 Å². The maximum atomic E-state index is 13.2. The molecule has 0 saturated carbocycles. The summed E-state index contributed by atoms with van der Waals surface area (Å²) in [6, 6.07) is 7.90. The number of hydrazine groups is 1. The smallest absolute Gasteiger partial charge is 0.275 e. The molecule has 0 aliphatic heterocycles. The second kappa shape index (κ2) is 12.5. The number of hydroxylamine groups is 2. The zero-order valence-electron chi connectivity index (χ0n) is 18.9. The van der Waals surface area contributed by atoms with Crippen molar-refractivity contribution >= 4 is 18.2 Å². The molecule has 0 saturated heterocycles. The molecular formula is C22H29N5O6. The second-order valence-corrected chi connectivity index (χ2v) is 7.26. The number of methoxy groups -OCH3 is 2. The van der Waals surface area contributed by atoms with Crippen molar-refractivity contribution in [1.82, 2.24) is 20.0 Å². The van der Waals surface area contributed by atoms with Crippen LogP contribution < -0.4 is 15.3 Å². The van der Waals surface area contributed by atoms with Crippen LogP contribution >= 0.6 is 0 Å². The summed E-state index contributed by atoms with van der Waals surface area (Å²) in [6.07, 6.45) is 3.00. The van der Waals surface area contributed by atoms with Crippen molar-refractivity contribution in [3.63, 3.8) is 0 Å². The Morgan fingerprint density at radius 2 is 1.79 bits per heavy atom. The van der Waals surface area contributed by atoms with Gasteiger partial charge in [-0.15, -0.1) is 0 Å². The fourth-order valence-electron chi connectivity index (χ4n) is 3.23. The van der Waals surface area contributed by atoms with Gasteiger partial charge < -0.3 is 9.47 Å². The Morgan fingerprint density at radius 1 is 1.15 bits per heavy atom. The van der Waals surface area contributed by atoms with Gasteiger partial charge in [0, 0.05) is 5.56 Å². The average molecular weight is 460 g/mol. The second-order valence-electron chi connectivity index (χ2n) is 7.26. The molecule has 3 amide bonds. The Balaban J connectivity index is 2.36. The van der Waals surface area contributed by atoms with Crippen LogP contribution in [0.4, 0.5) is 0 Å². The highest BCUT2D eigenvalue weighted by atomic mass is 16.5. The molecule has 178 valence electrons. The van der Waals surface area contributed by atoms with Gasteiger partial charge in [-0.05, 0) is 12.5 Å².